The molecule has 3 aliphatic heterocycles. The standard InChI is InChI=1S/C16H26N2O3/c1-2-11-6-4-3-5-9-17(11)16(21)18-12-7-8-14(18)13(10-12)15(19)20/h11-14H,2-10H2,1H3,(H,19,20). The number of carboxylic acids is 1. The van der Waals surface area contributed by atoms with E-state index in [2.05, 4.69) is 6.92 Å². The number of carbonyl (C=O) groups excluding carboxylic acids is 1. The van der Waals surface area contributed by atoms with E-state index in [0.717, 1.165) is 38.6 Å². The minimum atomic E-state index is -0.733. The van der Waals surface area contributed by atoms with Crippen LogP contribution < -0.4 is 0 Å². The first kappa shape index (κ1) is 14.7. The van der Waals surface area contributed by atoms with Gasteiger partial charge in [-0.1, -0.05) is 19.8 Å². The van der Waals surface area contributed by atoms with Crippen LogP contribution in [0.25, 0.3) is 0 Å². The molecule has 5 heteroatoms. The molecule has 3 saturated heterocycles. The molecule has 0 saturated carbocycles. The van der Waals surface area contributed by atoms with Crippen molar-refractivity contribution in [3.05, 3.63) is 0 Å². The summed E-state index contributed by atoms with van der Waals surface area (Å²) in [4.78, 5) is 28.3. The number of fused-ring (bicyclic) bond motifs is 2. The van der Waals surface area contributed by atoms with Gasteiger partial charge in [-0.25, -0.2) is 4.79 Å². The van der Waals surface area contributed by atoms with Gasteiger partial charge < -0.3 is 14.9 Å². The van der Waals surface area contributed by atoms with Crippen LogP contribution >= 0.6 is 0 Å². The van der Waals surface area contributed by atoms with E-state index in [0.29, 0.717) is 12.5 Å². The van der Waals surface area contributed by atoms with Gasteiger partial charge in [0, 0.05) is 24.7 Å². The molecule has 3 rings (SSSR count). The summed E-state index contributed by atoms with van der Waals surface area (Å²) in [5.74, 6) is -1.08. The van der Waals surface area contributed by atoms with Crippen LogP contribution in [-0.4, -0.2) is 51.6 Å². The monoisotopic (exact) mass is 294 g/mol. The minimum Gasteiger partial charge on any atom is -0.481 e. The second-order valence-electron chi connectivity index (χ2n) is 6.77. The van der Waals surface area contributed by atoms with E-state index in [1.165, 1.54) is 12.8 Å². The van der Waals surface area contributed by atoms with Crippen molar-refractivity contribution < 1.29 is 14.7 Å². The van der Waals surface area contributed by atoms with Crippen LogP contribution in [0, 0.1) is 5.92 Å². The van der Waals surface area contributed by atoms with Crippen LogP contribution in [0.1, 0.15) is 58.3 Å². The average molecular weight is 294 g/mol. The molecule has 0 aromatic carbocycles. The Morgan fingerprint density at radius 3 is 2.62 bits per heavy atom. The first-order chi connectivity index (χ1) is 10.1. The van der Waals surface area contributed by atoms with E-state index in [-0.39, 0.29) is 24.0 Å². The van der Waals surface area contributed by atoms with Crippen LogP contribution in [-0.2, 0) is 4.79 Å². The first-order valence-electron chi connectivity index (χ1n) is 8.45. The fraction of sp³-hybridized carbons (Fsp3) is 0.875. The van der Waals surface area contributed by atoms with Gasteiger partial charge in [-0.05, 0) is 38.5 Å². The lowest BCUT2D eigenvalue weighted by atomic mass is 9.89. The van der Waals surface area contributed by atoms with Crippen molar-refractivity contribution in [2.75, 3.05) is 6.54 Å². The van der Waals surface area contributed by atoms with Crippen molar-refractivity contribution in [3.8, 4) is 0 Å². The maximum Gasteiger partial charge on any atom is 0.320 e. The number of carboxylic acid groups (broad SMARTS) is 1. The molecule has 21 heavy (non-hydrogen) atoms. The summed E-state index contributed by atoms with van der Waals surface area (Å²) in [6.45, 7) is 2.99. The summed E-state index contributed by atoms with van der Waals surface area (Å²) in [6.07, 6.45) is 8.05. The van der Waals surface area contributed by atoms with Crippen LogP contribution in [0.4, 0.5) is 4.79 Å². The quantitative estimate of drug-likeness (QED) is 0.851. The molecule has 0 aliphatic carbocycles. The third kappa shape index (κ3) is 2.51. The van der Waals surface area contributed by atoms with E-state index < -0.39 is 5.97 Å². The number of urea groups is 1. The molecule has 4 unspecified atom stereocenters. The Hall–Kier alpha value is -1.26. The van der Waals surface area contributed by atoms with E-state index in [9.17, 15) is 14.7 Å². The molecule has 3 heterocycles. The molecule has 5 nitrogen and oxygen atoms in total. The van der Waals surface area contributed by atoms with Gasteiger partial charge in [0.05, 0.1) is 5.92 Å². The number of nitrogens with zero attached hydrogens (tertiary/aromatic N) is 2. The smallest absolute Gasteiger partial charge is 0.320 e. The van der Waals surface area contributed by atoms with Gasteiger partial charge in [0.25, 0.3) is 0 Å². The maximum atomic E-state index is 13.0. The van der Waals surface area contributed by atoms with Gasteiger partial charge >= 0.3 is 12.0 Å². The number of rotatable bonds is 2. The zero-order chi connectivity index (χ0) is 15.0. The number of hydrogen-bond acceptors (Lipinski definition) is 2. The minimum absolute atomic E-state index is 0.0687. The lowest BCUT2D eigenvalue weighted by Crippen LogP contribution is -2.50. The normalized spacial score (nSPS) is 35.9. The van der Waals surface area contributed by atoms with Crippen molar-refractivity contribution in [2.24, 2.45) is 5.92 Å². The first-order valence-corrected chi connectivity index (χ1v) is 8.45. The van der Waals surface area contributed by atoms with Crippen molar-refractivity contribution in [1.82, 2.24) is 9.80 Å². The third-order valence-corrected chi connectivity index (χ3v) is 5.67. The second-order valence-corrected chi connectivity index (χ2v) is 6.77. The number of hydrogen-bond donors (Lipinski definition) is 1. The molecule has 4 atom stereocenters. The van der Waals surface area contributed by atoms with Gasteiger partial charge in [0.15, 0.2) is 0 Å². The fourth-order valence-electron chi connectivity index (χ4n) is 4.55. The Kier molecular flexibility index (Phi) is 4.09. The zero-order valence-electron chi connectivity index (χ0n) is 12.8. The molecule has 2 bridgehead atoms. The molecule has 1 N–H and O–H groups in total. The highest BCUT2D eigenvalue weighted by Crippen LogP contribution is 2.42. The van der Waals surface area contributed by atoms with Crippen LogP contribution in [0.15, 0.2) is 0 Å². The lowest BCUT2D eigenvalue weighted by Gasteiger charge is -2.35. The summed E-state index contributed by atoms with van der Waals surface area (Å²) in [5, 5.41) is 9.34. The summed E-state index contributed by atoms with van der Waals surface area (Å²) in [6, 6.07) is 0.536. The van der Waals surface area contributed by atoms with Crippen molar-refractivity contribution >= 4 is 12.0 Å². The predicted molar refractivity (Wildman–Crippen MR) is 79.0 cm³/mol. The largest absolute Gasteiger partial charge is 0.481 e. The summed E-state index contributed by atoms with van der Waals surface area (Å²) in [5.41, 5.74) is 0. The van der Waals surface area contributed by atoms with E-state index in [4.69, 9.17) is 0 Å². The summed E-state index contributed by atoms with van der Waals surface area (Å²) < 4.78 is 0. The van der Waals surface area contributed by atoms with E-state index in [1.54, 1.807) is 0 Å². The molecule has 0 radical (unpaired) electrons. The number of amides is 2. The number of aliphatic carboxylic acids is 1. The molecule has 3 aliphatic rings. The average Bonchev–Trinajstić information content (AvgIpc) is 2.95. The fourth-order valence-corrected chi connectivity index (χ4v) is 4.55. The van der Waals surface area contributed by atoms with Crippen LogP contribution in [0.5, 0.6) is 0 Å². The van der Waals surface area contributed by atoms with Gasteiger partial charge in [-0.15, -0.1) is 0 Å². The van der Waals surface area contributed by atoms with Crippen molar-refractivity contribution in [3.63, 3.8) is 0 Å². The molecular weight excluding hydrogens is 268 g/mol. The predicted octanol–water partition coefficient (Wildman–Crippen LogP) is 2.70. The summed E-state index contributed by atoms with van der Waals surface area (Å²) >= 11 is 0. The molecular formula is C16H26N2O3. The molecule has 3 fully saturated rings. The number of carbonyl (C=O) groups is 2. The molecule has 2 amide bonds. The zero-order valence-corrected chi connectivity index (χ0v) is 12.8. The Morgan fingerprint density at radius 2 is 1.95 bits per heavy atom. The topological polar surface area (TPSA) is 60.9 Å². The Bertz CT molecular complexity index is 426. The van der Waals surface area contributed by atoms with Gasteiger partial charge in [0.2, 0.25) is 0 Å². The number of likely N-dealkylation sites (tertiary alicyclic amines) is 1. The van der Waals surface area contributed by atoms with Crippen molar-refractivity contribution in [1.29, 1.82) is 0 Å². The van der Waals surface area contributed by atoms with Gasteiger partial charge in [-0.3, -0.25) is 4.79 Å². The van der Waals surface area contributed by atoms with E-state index >= 15 is 0 Å². The SMILES string of the molecule is CCC1CCCCCN1C(=O)N1C2CCC1C(C(=O)O)C2. The second kappa shape index (κ2) is 5.85. The van der Waals surface area contributed by atoms with Gasteiger partial charge in [-0.2, -0.15) is 0 Å². The van der Waals surface area contributed by atoms with Crippen molar-refractivity contribution in [2.45, 2.75) is 76.4 Å². The third-order valence-electron chi connectivity index (χ3n) is 5.67. The Balaban J connectivity index is 1.76. The highest BCUT2D eigenvalue weighted by molar-refractivity contribution is 5.79. The van der Waals surface area contributed by atoms with Gasteiger partial charge in [0.1, 0.15) is 0 Å². The maximum absolute atomic E-state index is 13.0. The van der Waals surface area contributed by atoms with E-state index in [1.807, 2.05) is 9.80 Å². The summed E-state index contributed by atoms with van der Waals surface area (Å²) in [7, 11) is 0. The molecule has 0 spiro atoms. The molecule has 0 aromatic heterocycles. The highest BCUT2D eigenvalue weighted by Gasteiger charge is 2.52. The molecule has 0 aromatic rings. The van der Waals surface area contributed by atoms with Crippen LogP contribution in [0.3, 0.4) is 0 Å². The molecule has 118 valence electrons. The Morgan fingerprint density at radius 1 is 1.14 bits per heavy atom. The Labute approximate surface area is 126 Å². The highest BCUT2D eigenvalue weighted by atomic mass is 16.4. The lowest BCUT2D eigenvalue weighted by molar-refractivity contribution is -0.142. The van der Waals surface area contributed by atoms with Crippen LogP contribution in [0.2, 0.25) is 0 Å².